The van der Waals surface area contributed by atoms with Gasteiger partial charge >= 0.3 is 5.97 Å². The lowest BCUT2D eigenvalue weighted by Crippen LogP contribution is -2.12. The van der Waals surface area contributed by atoms with Crippen LogP contribution >= 0.6 is 22.6 Å². The smallest absolute Gasteiger partial charge is 0.343 e. The van der Waals surface area contributed by atoms with Crippen LogP contribution in [0.5, 0.6) is 11.5 Å². The Hall–Kier alpha value is -1.89. The number of benzene rings is 2. The first-order valence-corrected chi connectivity index (χ1v) is 7.66. The van der Waals surface area contributed by atoms with Gasteiger partial charge < -0.3 is 9.47 Å². The Morgan fingerprint density at radius 1 is 1.18 bits per heavy atom. The van der Waals surface area contributed by atoms with Crippen molar-refractivity contribution in [2.75, 3.05) is 7.11 Å². The SMILES string of the molecule is COc1cc(C=O)cc(I)c1OC(=O)c1ccc(C)cc1C. The summed E-state index contributed by atoms with van der Waals surface area (Å²) in [6.07, 6.45) is 0.723. The molecule has 2 aromatic rings. The topological polar surface area (TPSA) is 52.6 Å². The Bertz CT molecular complexity index is 738. The molecule has 0 radical (unpaired) electrons. The van der Waals surface area contributed by atoms with Gasteiger partial charge in [-0.2, -0.15) is 0 Å². The van der Waals surface area contributed by atoms with Gasteiger partial charge in [0.15, 0.2) is 11.5 Å². The number of esters is 1. The summed E-state index contributed by atoms with van der Waals surface area (Å²) in [5.41, 5.74) is 2.90. The standard InChI is InChI=1S/C17H15IO4/c1-10-4-5-13(11(2)6-10)17(20)22-16-14(18)7-12(9-19)8-15(16)21-3/h4-9H,1-3H3. The molecule has 0 bridgehead atoms. The summed E-state index contributed by atoms with van der Waals surface area (Å²) in [5.74, 6) is 0.221. The van der Waals surface area contributed by atoms with Gasteiger partial charge in [0.1, 0.15) is 6.29 Å². The zero-order chi connectivity index (χ0) is 16.3. The number of carbonyl (C=O) groups is 2. The third-order valence-electron chi connectivity index (χ3n) is 3.18. The molecule has 0 spiro atoms. The van der Waals surface area contributed by atoms with Crippen molar-refractivity contribution in [3.63, 3.8) is 0 Å². The predicted molar refractivity (Wildman–Crippen MR) is 92.0 cm³/mol. The molecule has 114 valence electrons. The lowest BCUT2D eigenvalue weighted by Gasteiger charge is -2.13. The fourth-order valence-corrected chi connectivity index (χ4v) is 2.83. The fraction of sp³-hybridized carbons (Fsp3) is 0.176. The Labute approximate surface area is 142 Å². The molecule has 0 unspecified atom stereocenters. The lowest BCUT2D eigenvalue weighted by atomic mass is 10.1. The maximum atomic E-state index is 12.4. The van der Waals surface area contributed by atoms with Gasteiger partial charge in [-0.1, -0.05) is 17.7 Å². The summed E-state index contributed by atoms with van der Waals surface area (Å²) >= 11 is 2.01. The maximum Gasteiger partial charge on any atom is 0.343 e. The molecule has 22 heavy (non-hydrogen) atoms. The van der Waals surface area contributed by atoms with Crippen LogP contribution < -0.4 is 9.47 Å². The molecule has 0 aliphatic heterocycles. The monoisotopic (exact) mass is 410 g/mol. The molecular weight excluding hydrogens is 395 g/mol. The van der Waals surface area contributed by atoms with Crippen molar-refractivity contribution in [3.8, 4) is 11.5 Å². The Morgan fingerprint density at radius 3 is 2.50 bits per heavy atom. The average molecular weight is 410 g/mol. The van der Waals surface area contributed by atoms with Gasteiger partial charge in [0.25, 0.3) is 0 Å². The molecule has 0 aliphatic rings. The first kappa shape index (κ1) is 16.5. The van der Waals surface area contributed by atoms with Gasteiger partial charge in [-0.15, -0.1) is 0 Å². The highest BCUT2D eigenvalue weighted by Crippen LogP contribution is 2.34. The number of rotatable bonds is 4. The maximum absolute atomic E-state index is 12.4. The van der Waals surface area contributed by atoms with E-state index in [1.807, 2.05) is 48.6 Å². The summed E-state index contributed by atoms with van der Waals surface area (Å²) in [7, 11) is 1.47. The summed E-state index contributed by atoms with van der Waals surface area (Å²) in [5, 5.41) is 0. The minimum absolute atomic E-state index is 0.318. The van der Waals surface area contributed by atoms with Crippen LogP contribution in [0.25, 0.3) is 0 Å². The predicted octanol–water partition coefficient (Wildman–Crippen LogP) is 3.95. The van der Waals surface area contributed by atoms with Gasteiger partial charge in [0.05, 0.1) is 16.2 Å². The van der Waals surface area contributed by atoms with Crippen molar-refractivity contribution in [3.05, 3.63) is 56.2 Å². The molecule has 0 aliphatic carbocycles. The van der Waals surface area contributed by atoms with E-state index >= 15 is 0 Å². The van der Waals surface area contributed by atoms with E-state index in [-0.39, 0.29) is 0 Å². The highest BCUT2D eigenvalue weighted by molar-refractivity contribution is 14.1. The van der Waals surface area contributed by atoms with Crippen LogP contribution in [0.1, 0.15) is 31.8 Å². The molecule has 0 saturated carbocycles. The molecule has 5 heteroatoms. The van der Waals surface area contributed by atoms with Crippen LogP contribution in [0.2, 0.25) is 0 Å². The lowest BCUT2D eigenvalue weighted by molar-refractivity contribution is 0.0727. The number of ether oxygens (including phenoxy) is 2. The minimum atomic E-state index is -0.451. The molecule has 0 heterocycles. The summed E-state index contributed by atoms with van der Waals surface area (Å²) in [6, 6.07) is 8.71. The Balaban J connectivity index is 2.37. The van der Waals surface area contributed by atoms with Crippen molar-refractivity contribution >= 4 is 34.8 Å². The highest BCUT2D eigenvalue weighted by atomic mass is 127. The zero-order valence-corrected chi connectivity index (χ0v) is 14.6. The second-order valence-corrected chi connectivity index (χ2v) is 6.02. The largest absolute Gasteiger partial charge is 0.493 e. The third-order valence-corrected chi connectivity index (χ3v) is 3.99. The van der Waals surface area contributed by atoms with Gasteiger partial charge in [-0.3, -0.25) is 4.79 Å². The van der Waals surface area contributed by atoms with Crippen LogP contribution in [-0.4, -0.2) is 19.4 Å². The Kier molecular flexibility index (Phi) is 5.18. The van der Waals surface area contributed by atoms with Crippen LogP contribution in [0.4, 0.5) is 0 Å². The van der Waals surface area contributed by atoms with Crippen molar-refractivity contribution in [2.24, 2.45) is 0 Å². The zero-order valence-electron chi connectivity index (χ0n) is 12.5. The molecular formula is C17H15IO4. The highest BCUT2D eigenvalue weighted by Gasteiger charge is 2.18. The van der Waals surface area contributed by atoms with E-state index < -0.39 is 5.97 Å². The van der Waals surface area contributed by atoms with Gasteiger partial charge in [-0.05, 0) is 60.2 Å². The normalized spacial score (nSPS) is 10.2. The van der Waals surface area contributed by atoms with Crippen LogP contribution in [-0.2, 0) is 0 Å². The number of halogens is 1. The number of methoxy groups -OCH3 is 1. The molecule has 2 aromatic carbocycles. The molecule has 2 rings (SSSR count). The third kappa shape index (κ3) is 3.47. The average Bonchev–Trinajstić information content (AvgIpc) is 2.48. The van der Waals surface area contributed by atoms with Crippen LogP contribution in [0.15, 0.2) is 30.3 Å². The molecule has 0 saturated heterocycles. The molecule has 0 amide bonds. The summed E-state index contributed by atoms with van der Waals surface area (Å²) in [6.45, 7) is 3.83. The second-order valence-electron chi connectivity index (χ2n) is 4.86. The van der Waals surface area contributed by atoms with Crippen molar-refractivity contribution in [1.82, 2.24) is 0 Å². The summed E-state index contributed by atoms with van der Waals surface area (Å²) < 4.78 is 11.3. The fourth-order valence-electron chi connectivity index (χ4n) is 2.10. The molecule has 0 N–H and O–H groups in total. The van der Waals surface area contributed by atoms with Crippen LogP contribution in [0, 0.1) is 17.4 Å². The molecule has 4 nitrogen and oxygen atoms in total. The number of hydrogen-bond donors (Lipinski definition) is 0. The van der Waals surface area contributed by atoms with E-state index in [1.165, 1.54) is 7.11 Å². The number of aldehydes is 1. The van der Waals surface area contributed by atoms with E-state index in [4.69, 9.17) is 9.47 Å². The second kappa shape index (κ2) is 6.91. The van der Waals surface area contributed by atoms with E-state index in [1.54, 1.807) is 18.2 Å². The van der Waals surface area contributed by atoms with Gasteiger partial charge in [0.2, 0.25) is 0 Å². The Morgan fingerprint density at radius 2 is 1.91 bits per heavy atom. The quantitative estimate of drug-likeness (QED) is 0.332. The van der Waals surface area contributed by atoms with Crippen LogP contribution in [0.3, 0.4) is 0 Å². The van der Waals surface area contributed by atoms with Crippen molar-refractivity contribution in [1.29, 1.82) is 0 Å². The first-order chi connectivity index (χ1) is 10.5. The summed E-state index contributed by atoms with van der Waals surface area (Å²) in [4.78, 5) is 23.3. The molecule has 0 atom stereocenters. The van der Waals surface area contributed by atoms with Crippen molar-refractivity contribution < 1.29 is 19.1 Å². The van der Waals surface area contributed by atoms with Gasteiger partial charge in [-0.25, -0.2) is 4.79 Å². The van der Waals surface area contributed by atoms with E-state index in [9.17, 15) is 9.59 Å². The minimum Gasteiger partial charge on any atom is -0.493 e. The number of aryl methyl sites for hydroxylation is 2. The first-order valence-electron chi connectivity index (χ1n) is 6.58. The van der Waals surface area contributed by atoms with Crippen molar-refractivity contribution in [2.45, 2.75) is 13.8 Å². The van der Waals surface area contributed by atoms with E-state index in [0.29, 0.717) is 26.2 Å². The van der Waals surface area contributed by atoms with E-state index in [0.717, 1.165) is 17.4 Å². The van der Waals surface area contributed by atoms with E-state index in [2.05, 4.69) is 0 Å². The molecule has 0 aromatic heterocycles. The molecule has 0 fully saturated rings. The van der Waals surface area contributed by atoms with Gasteiger partial charge in [0, 0.05) is 5.56 Å². The number of hydrogen-bond acceptors (Lipinski definition) is 4. The number of carbonyl (C=O) groups excluding carboxylic acids is 2.